The van der Waals surface area contributed by atoms with E-state index in [9.17, 15) is 4.79 Å². The number of hydrogen-bond acceptors (Lipinski definition) is 3. The molecule has 1 atom stereocenters. The number of carbonyl (C=O) groups is 1. The fourth-order valence-electron chi connectivity index (χ4n) is 1.70. The van der Waals surface area contributed by atoms with Crippen molar-refractivity contribution in [3.8, 4) is 0 Å². The van der Waals surface area contributed by atoms with Crippen molar-refractivity contribution in [3.05, 3.63) is 27.0 Å². The highest BCUT2D eigenvalue weighted by molar-refractivity contribution is 6.36. The Balaban J connectivity index is 3.46. The Morgan fingerprint density at radius 2 is 1.90 bits per heavy atom. The van der Waals surface area contributed by atoms with E-state index in [0.29, 0.717) is 27.0 Å². The maximum absolute atomic E-state index is 12.0. The summed E-state index contributed by atoms with van der Waals surface area (Å²) in [5.74, 6) is -0.631. The number of pyridine rings is 1. The third kappa shape index (κ3) is 3.78. The highest BCUT2D eigenvalue weighted by atomic mass is 35.5. The molecule has 0 unspecified atom stereocenters. The molecule has 0 fully saturated rings. The molecule has 0 radical (unpaired) electrons. The molecule has 0 N–H and O–H groups in total. The average molecular weight is 319 g/mol. The summed E-state index contributed by atoms with van der Waals surface area (Å²) < 4.78 is 10.3. The molecular weight excluding hydrogens is 301 g/mol. The summed E-state index contributed by atoms with van der Waals surface area (Å²) in [4.78, 5) is 16.1. The molecule has 0 amide bonds. The normalized spacial score (nSPS) is 13.2. The van der Waals surface area contributed by atoms with E-state index in [4.69, 9.17) is 27.9 Å². The van der Waals surface area contributed by atoms with Crippen LogP contribution in [0.1, 0.15) is 43.7 Å². The largest absolute Gasteiger partial charge is 0.613 e. The Labute approximate surface area is 128 Å². The van der Waals surface area contributed by atoms with Gasteiger partial charge in [0.15, 0.2) is 6.79 Å². The molecule has 20 heavy (non-hydrogen) atoms. The van der Waals surface area contributed by atoms with Crippen LogP contribution in [0.3, 0.4) is 0 Å². The molecule has 6 heteroatoms. The van der Waals surface area contributed by atoms with E-state index in [-0.39, 0.29) is 0 Å². The Bertz CT molecular complexity index is 550. The summed E-state index contributed by atoms with van der Waals surface area (Å²) >= 11 is 12.3. The molecule has 0 bridgehead atoms. The number of hydrogen-bond donors (Lipinski definition) is 0. The van der Waals surface area contributed by atoms with Crippen LogP contribution in [-0.2, 0) is 14.0 Å². The quantitative estimate of drug-likeness (QED) is 0.630. The number of aryl methyl sites for hydroxylation is 1. The van der Waals surface area contributed by atoms with Gasteiger partial charge in [-0.1, -0.05) is 23.2 Å². The molecule has 0 saturated carbocycles. The van der Waals surface area contributed by atoms with Crippen molar-refractivity contribution in [2.24, 2.45) is 0 Å². The zero-order chi connectivity index (χ0) is 15.7. The second-order valence-corrected chi connectivity index (χ2v) is 6.15. The lowest BCUT2D eigenvalue weighted by atomic mass is 10.0. The van der Waals surface area contributed by atoms with Crippen LogP contribution >= 0.6 is 23.2 Å². The Morgan fingerprint density at radius 3 is 2.35 bits per heavy atom. The minimum atomic E-state index is -0.997. The summed E-state index contributed by atoms with van der Waals surface area (Å²) in [6.07, 6.45) is -0.997. The predicted octanol–water partition coefficient (Wildman–Crippen LogP) is 3.75. The summed E-state index contributed by atoms with van der Waals surface area (Å²) in [7, 11) is 0. The van der Waals surface area contributed by atoms with Gasteiger partial charge >= 0.3 is 5.97 Å². The molecule has 0 aliphatic heterocycles. The average Bonchev–Trinajstić information content (AvgIpc) is 2.32. The lowest BCUT2D eigenvalue weighted by molar-refractivity contribution is -0.380. The number of halogens is 2. The SMILES string of the molecule is C=[O+]C(=O)[C@@H](OC(C)(C)C)c1c(C)nc(Cl)c(C)c1Cl. The lowest BCUT2D eigenvalue weighted by Gasteiger charge is -2.24. The molecule has 0 aliphatic carbocycles. The van der Waals surface area contributed by atoms with Crippen LogP contribution in [0.4, 0.5) is 0 Å². The number of nitrogens with zero attached hydrogens (tertiary/aromatic N) is 1. The van der Waals surface area contributed by atoms with Crippen molar-refractivity contribution in [1.29, 1.82) is 0 Å². The van der Waals surface area contributed by atoms with E-state index in [2.05, 4.69) is 16.2 Å². The molecule has 1 aromatic heterocycles. The second kappa shape index (κ2) is 6.20. The van der Waals surface area contributed by atoms with Gasteiger partial charge in [-0.15, -0.1) is 0 Å². The van der Waals surface area contributed by atoms with Gasteiger partial charge < -0.3 is 4.74 Å². The molecule has 0 saturated heterocycles. The predicted molar refractivity (Wildman–Crippen MR) is 79.4 cm³/mol. The molecule has 4 nitrogen and oxygen atoms in total. The number of ether oxygens (including phenoxy) is 1. The van der Waals surface area contributed by atoms with Gasteiger partial charge in [0.2, 0.25) is 6.10 Å². The van der Waals surface area contributed by atoms with Crippen LogP contribution in [0, 0.1) is 13.8 Å². The Hall–Kier alpha value is -0.970. The van der Waals surface area contributed by atoms with Gasteiger partial charge in [0.1, 0.15) is 5.15 Å². The minimum absolute atomic E-state index is 0.300. The first-order valence-corrected chi connectivity index (χ1v) is 6.80. The molecule has 1 aromatic rings. The van der Waals surface area contributed by atoms with E-state index in [1.807, 2.05) is 20.8 Å². The van der Waals surface area contributed by atoms with Gasteiger partial charge in [-0.3, -0.25) is 4.42 Å². The van der Waals surface area contributed by atoms with E-state index in [1.54, 1.807) is 13.8 Å². The van der Waals surface area contributed by atoms with E-state index in [1.165, 1.54) is 0 Å². The van der Waals surface area contributed by atoms with Gasteiger partial charge in [0.25, 0.3) is 0 Å². The van der Waals surface area contributed by atoms with Gasteiger partial charge in [0.05, 0.1) is 15.4 Å². The first-order chi connectivity index (χ1) is 9.08. The zero-order valence-corrected chi connectivity index (χ0v) is 13.7. The van der Waals surface area contributed by atoms with Gasteiger partial charge in [-0.25, -0.2) is 4.98 Å². The lowest BCUT2D eigenvalue weighted by Crippen LogP contribution is -2.28. The van der Waals surface area contributed by atoms with Crippen molar-refractivity contribution in [2.45, 2.75) is 46.3 Å². The minimum Gasteiger partial charge on any atom is -0.351 e. The topological polar surface area (TPSA) is 50.5 Å². The van der Waals surface area contributed by atoms with E-state index >= 15 is 0 Å². The molecule has 110 valence electrons. The monoisotopic (exact) mass is 318 g/mol. The fraction of sp³-hybridized carbons (Fsp3) is 0.500. The van der Waals surface area contributed by atoms with Crippen LogP contribution in [0.2, 0.25) is 10.2 Å². The fourth-order valence-corrected chi connectivity index (χ4v) is 2.30. The zero-order valence-electron chi connectivity index (χ0n) is 12.2. The third-order valence-electron chi connectivity index (χ3n) is 2.62. The highest BCUT2D eigenvalue weighted by Gasteiger charge is 2.39. The summed E-state index contributed by atoms with van der Waals surface area (Å²) in [6.45, 7) is 12.1. The summed E-state index contributed by atoms with van der Waals surface area (Å²) in [5.41, 5.74) is 0.998. The summed E-state index contributed by atoms with van der Waals surface area (Å²) in [6, 6.07) is 0. The van der Waals surface area contributed by atoms with Crippen molar-refractivity contribution >= 4 is 36.0 Å². The van der Waals surface area contributed by atoms with Crippen molar-refractivity contribution in [2.75, 3.05) is 0 Å². The number of carbonyl (C=O) groups excluding carboxylic acids is 2. The van der Waals surface area contributed by atoms with Gasteiger partial charge in [-0.05, 0) is 34.6 Å². The van der Waals surface area contributed by atoms with Crippen LogP contribution in [0.25, 0.3) is 0 Å². The van der Waals surface area contributed by atoms with Crippen LogP contribution in [0.15, 0.2) is 0 Å². The third-order valence-corrected chi connectivity index (χ3v) is 3.48. The first kappa shape index (κ1) is 17.1. The maximum Gasteiger partial charge on any atom is 0.613 e. The molecular formula is C14H18Cl2NO3+. The van der Waals surface area contributed by atoms with Crippen molar-refractivity contribution < 1.29 is 14.0 Å². The van der Waals surface area contributed by atoms with Crippen molar-refractivity contribution in [1.82, 2.24) is 4.98 Å². The van der Waals surface area contributed by atoms with Crippen molar-refractivity contribution in [3.63, 3.8) is 0 Å². The second-order valence-electron chi connectivity index (χ2n) is 5.41. The Kier molecular flexibility index (Phi) is 5.30. The molecule has 0 spiro atoms. The van der Waals surface area contributed by atoms with Gasteiger partial charge in [-0.2, -0.15) is 0 Å². The molecule has 1 rings (SSSR count). The molecule has 1 heterocycles. The molecule has 0 aromatic carbocycles. The molecule has 0 aliphatic rings. The first-order valence-electron chi connectivity index (χ1n) is 6.04. The highest BCUT2D eigenvalue weighted by Crippen LogP contribution is 2.35. The van der Waals surface area contributed by atoms with Crippen LogP contribution < -0.4 is 0 Å². The number of aromatic nitrogens is 1. The summed E-state index contributed by atoms with van der Waals surface area (Å²) in [5, 5.41) is 0.649. The van der Waals surface area contributed by atoms with E-state index in [0.717, 1.165) is 0 Å². The maximum atomic E-state index is 12.0. The van der Waals surface area contributed by atoms with E-state index < -0.39 is 17.7 Å². The van der Waals surface area contributed by atoms with Gasteiger partial charge in [0, 0.05) is 16.8 Å². The number of rotatable bonds is 3. The smallest absolute Gasteiger partial charge is 0.351 e. The van der Waals surface area contributed by atoms with Crippen LogP contribution in [0.5, 0.6) is 0 Å². The standard InChI is InChI=1S/C14H18Cl2NO3/c1-7-10(15)9(8(2)17-12(7)16)11(13(18)19-6)20-14(3,4)5/h11H,6H2,1-5H3/q+1/t11-/m0/s1. The van der Waals surface area contributed by atoms with Crippen LogP contribution in [-0.4, -0.2) is 23.3 Å². The Morgan fingerprint density at radius 1 is 1.35 bits per heavy atom.